The van der Waals surface area contributed by atoms with Crippen molar-refractivity contribution in [3.63, 3.8) is 0 Å². The molecule has 1 aromatic heterocycles. The molecule has 6 nitrogen and oxygen atoms in total. The number of rotatable bonds is 1. The Morgan fingerprint density at radius 3 is 2.79 bits per heavy atom. The summed E-state index contributed by atoms with van der Waals surface area (Å²) < 4.78 is 0. The first kappa shape index (κ1) is 17.2. The van der Waals surface area contributed by atoms with Crippen LogP contribution in [0.4, 0.5) is 0 Å². The molecule has 2 bridgehead atoms. The van der Waals surface area contributed by atoms with Crippen molar-refractivity contribution < 1.29 is 9.90 Å². The number of nitrogens with one attached hydrogen (secondary N) is 1. The van der Waals surface area contributed by atoms with Gasteiger partial charge in [-0.25, -0.2) is 0 Å². The highest BCUT2D eigenvalue weighted by Crippen LogP contribution is 2.57. The summed E-state index contributed by atoms with van der Waals surface area (Å²) in [5, 5.41) is 21.3. The Bertz CT molecular complexity index is 1100. The number of benzene rings is 2. The molecule has 5 rings (SSSR count). The molecule has 2 N–H and O–H groups in total. The monoisotopic (exact) mass is 376 g/mol. The number of piperidine rings is 1. The third-order valence-electron chi connectivity index (χ3n) is 7.45. The molecule has 1 fully saturated rings. The minimum absolute atomic E-state index is 0.0175. The number of H-pyrrole nitrogens is 1. The molecule has 1 aliphatic heterocycles. The minimum Gasteiger partial charge on any atom is -0.508 e. The van der Waals surface area contributed by atoms with E-state index < -0.39 is 0 Å². The summed E-state index contributed by atoms with van der Waals surface area (Å²) in [7, 11) is 0. The smallest absolute Gasteiger partial charge is 0.254 e. The maximum absolute atomic E-state index is 13.5. The van der Waals surface area contributed by atoms with E-state index in [0.29, 0.717) is 29.8 Å². The van der Waals surface area contributed by atoms with Crippen LogP contribution in [0.5, 0.6) is 5.75 Å². The molecule has 6 heteroatoms. The van der Waals surface area contributed by atoms with Gasteiger partial charge in [0.2, 0.25) is 0 Å². The van der Waals surface area contributed by atoms with Gasteiger partial charge in [0.15, 0.2) is 0 Å². The number of aromatic hydroxyl groups is 1. The zero-order valence-corrected chi connectivity index (χ0v) is 16.4. The van der Waals surface area contributed by atoms with Gasteiger partial charge in [-0.05, 0) is 53.6 Å². The fourth-order valence-electron chi connectivity index (χ4n) is 5.31. The predicted molar refractivity (Wildman–Crippen MR) is 106 cm³/mol. The molecule has 2 heterocycles. The molecular weight excluding hydrogens is 352 g/mol. The molecule has 0 radical (unpaired) electrons. The van der Waals surface area contributed by atoms with Crippen molar-refractivity contribution in [3.8, 4) is 5.75 Å². The summed E-state index contributed by atoms with van der Waals surface area (Å²) in [6.45, 7) is 7.49. The van der Waals surface area contributed by atoms with Gasteiger partial charge in [-0.15, -0.1) is 0 Å². The predicted octanol–water partition coefficient (Wildman–Crippen LogP) is 3.42. The molecule has 144 valence electrons. The van der Waals surface area contributed by atoms with Gasteiger partial charge in [-0.3, -0.25) is 4.79 Å². The lowest BCUT2D eigenvalue weighted by molar-refractivity contribution is -0.0266. The van der Waals surface area contributed by atoms with Crippen LogP contribution in [0.15, 0.2) is 36.4 Å². The van der Waals surface area contributed by atoms with Crippen LogP contribution in [0, 0.1) is 5.41 Å². The van der Waals surface area contributed by atoms with Crippen molar-refractivity contribution in [1.82, 2.24) is 20.3 Å². The maximum Gasteiger partial charge on any atom is 0.254 e. The van der Waals surface area contributed by atoms with Gasteiger partial charge in [0.05, 0.1) is 0 Å². The second-order valence-electron chi connectivity index (χ2n) is 8.85. The Labute approximate surface area is 163 Å². The number of amides is 1. The lowest BCUT2D eigenvalue weighted by Crippen LogP contribution is -2.64. The fourth-order valence-corrected chi connectivity index (χ4v) is 5.31. The Balaban J connectivity index is 1.58. The van der Waals surface area contributed by atoms with Crippen LogP contribution in [0.1, 0.15) is 48.7 Å². The summed E-state index contributed by atoms with van der Waals surface area (Å²) in [6, 6.07) is 11.3. The number of likely N-dealkylation sites (tertiary alicyclic amines) is 1. The molecule has 0 spiro atoms. The van der Waals surface area contributed by atoms with Gasteiger partial charge >= 0.3 is 0 Å². The summed E-state index contributed by atoms with van der Waals surface area (Å²) >= 11 is 0. The third kappa shape index (κ3) is 2.11. The maximum atomic E-state index is 13.5. The average Bonchev–Trinajstić information content (AvgIpc) is 3.12. The molecular formula is C22H24N4O2. The van der Waals surface area contributed by atoms with Crippen molar-refractivity contribution in [3.05, 3.63) is 53.1 Å². The lowest BCUT2D eigenvalue weighted by atomic mass is 9.51. The molecule has 1 amide bonds. The highest BCUT2D eigenvalue weighted by molar-refractivity contribution is 5.97. The standard InChI is InChI=1S/C22H24N4O2/c1-21(2)19-12-14-15(5-4-6-18(14)27)22(21,3)9-10-26(19)20(28)13-7-8-16-17(11-13)24-25-23-16/h4-8,11,19,27H,9-10,12H2,1-3H3,(H,23,24,25)/t19-,22+/m1/s1. The number of hydrogen-bond acceptors (Lipinski definition) is 4. The number of hydrogen-bond donors (Lipinski definition) is 2. The summed E-state index contributed by atoms with van der Waals surface area (Å²) in [6.07, 6.45) is 1.54. The highest BCUT2D eigenvalue weighted by Gasteiger charge is 2.57. The van der Waals surface area contributed by atoms with Crippen LogP contribution in [0.3, 0.4) is 0 Å². The van der Waals surface area contributed by atoms with Gasteiger partial charge in [-0.1, -0.05) is 32.9 Å². The van der Waals surface area contributed by atoms with Crippen molar-refractivity contribution in [2.45, 2.75) is 45.1 Å². The van der Waals surface area contributed by atoms with Crippen LogP contribution >= 0.6 is 0 Å². The first-order valence-corrected chi connectivity index (χ1v) is 9.76. The van der Waals surface area contributed by atoms with Crippen LogP contribution in [-0.4, -0.2) is 43.9 Å². The Morgan fingerprint density at radius 2 is 1.96 bits per heavy atom. The zero-order valence-electron chi connectivity index (χ0n) is 16.4. The normalized spacial score (nSPS) is 25.5. The van der Waals surface area contributed by atoms with E-state index in [1.807, 2.05) is 23.1 Å². The highest BCUT2D eigenvalue weighted by atomic mass is 16.3. The van der Waals surface area contributed by atoms with E-state index in [2.05, 4.69) is 42.2 Å². The van der Waals surface area contributed by atoms with E-state index >= 15 is 0 Å². The first-order chi connectivity index (χ1) is 13.3. The van der Waals surface area contributed by atoms with Crippen molar-refractivity contribution >= 4 is 16.9 Å². The van der Waals surface area contributed by atoms with Gasteiger partial charge in [0.1, 0.15) is 16.8 Å². The number of fused-ring (bicyclic) bond motifs is 5. The molecule has 3 aromatic rings. The van der Waals surface area contributed by atoms with Gasteiger partial charge in [0.25, 0.3) is 5.91 Å². The van der Waals surface area contributed by atoms with E-state index in [9.17, 15) is 9.90 Å². The second kappa shape index (κ2) is 5.56. The zero-order chi connectivity index (χ0) is 19.7. The number of carbonyl (C=O) groups is 1. The van der Waals surface area contributed by atoms with Crippen LogP contribution in [0.2, 0.25) is 0 Å². The lowest BCUT2D eigenvalue weighted by Gasteiger charge is -2.60. The van der Waals surface area contributed by atoms with Crippen molar-refractivity contribution in [1.29, 1.82) is 0 Å². The van der Waals surface area contributed by atoms with Crippen LogP contribution in [0.25, 0.3) is 11.0 Å². The van der Waals surface area contributed by atoms with Crippen molar-refractivity contribution in [2.24, 2.45) is 5.41 Å². The van der Waals surface area contributed by atoms with E-state index in [1.54, 1.807) is 12.1 Å². The average molecular weight is 376 g/mol. The van der Waals surface area contributed by atoms with Crippen LogP contribution in [-0.2, 0) is 11.8 Å². The Kier molecular flexibility index (Phi) is 3.42. The van der Waals surface area contributed by atoms with Gasteiger partial charge < -0.3 is 10.0 Å². The number of aromatic amines is 1. The number of carbonyl (C=O) groups excluding carboxylic acids is 1. The molecule has 2 atom stereocenters. The summed E-state index contributed by atoms with van der Waals surface area (Å²) in [5.41, 5.74) is 4.09. The quantitative estimate of drug-likeness (QED) is 0.682. The third-order valence-corrected chi connectivity index (χ3v) is 7.45. The molecule has 28 heavy (non-hydrogen) atoms. The molecule has 0 unspecified atom stereocenters. The van der Waals surface area contributed by atoms with Gasteiger partial charge in [-0.2, -0.15) is 15.4 Å². The van der Waals surface area contributed by atoms with Crippen LogP contribution < -0.4 is 0 Å². The fraction of sp³-hybridized carbons (Fsp3) is 0.409. The summed E-state index contributed by atoms with van der Waals surface area (Å²) in [5.74, 6) is 0.353. The Morgan fingerprint density at radius 1 is 1.18 bits per heavy atom. The summed E-state index contributed by atoms with van der Waals surface area (Å²) in [4.78, 5) is 15.5. The topological polar surface area (TPSA) is 82.1 Å². The van der Waals surface area contributed by atoms with Crippen molar-refractivity contribution in [2.75, 3.05) is 6.54 Å². The van der Waals surface area contributed by atoms with Gasteiger partial charge in [0, 0.05) is 23.6 Å². The number of phenols is 1. The SMILES string of the molecule is CC1(C)[C@H]2Cc3c(O)cccc3[C@]1(C)CCN2C(=O)c1ccc2n[nH]nc2c1. The number of aromatic nitrogens is 3. The largest absolute Gasteiger partial charge is 0.508 e. The van der Waals surface area contributed by atoms with E-state index in [4.69, 9.17) is 0 Å². The molecule has 1 saturated heterocycles. The second-order valence-corrected chi connectivity index (χ2v) is 8.85. The molecule has 1 aliphatic carbocycles. The molecule has 0 saturated carbocycles. The van der Waals surface area contributed by atoms with E-state index in [1.165, 1.54) is 5.56 Å². The number of phenolic OH excluding ortho intramolecular Hbond substituents is 1. The first-order valence-electron chi connectivity index (χ1n) is 9.76. The molecule has 2 aliphatic rings. The minimum atomic E-state index is -0.111. The van der Waals surface area contributed by atoms with E-state index in [-0.39, 0.29) is 22.8 Å². The van der Waals surface area contributed by atoms with E-state index in [0.717, 1.165) is 17.5 Å². The Hall–Kier alpha value is -2.89. The molecule has 2 aromatic carbocycles. The number of nitrogens with zero attached hydrogens (tertiary/aromatic N) is 3.